The second-order valence-electron chi connectivity index (χ2n) is 9.93. The second kappa shape index (κ2) is 10.3. The van der Waals surface area contributed by atoms with Crippen LogP contribution in [0.5, 0.6) is 0 Å². The van der Waals surface area contributed by atoms with Crippen molar-refractivity contribution in [2.45, 2.75) is 70.1 Å². The summed E-state index contributed by atoms with van der Waals surface area (Å²) in [5.41, 5.74) is 2.10. The van der Waals surface area contributed by atoms with Crippen molar-refractivity contribution in [2.75, 3.05) is 20.3 Å². The van der Waals surface area contributed by atoms with Crippen LogP contribution in [0.25, 0.3) is 0 Å². The van der Waals surface area contributed by atoms with Crippen molar-refractivity contribution >= 4 is 15.9 Å². The number of amides is 2. The van der Waals surface area contributed by atoms with Gasteiger partial charge in [0.05, 0.1) is 30.8 Å². The lowest BCUT2D eigenvalue weighted by molar-refractivity contribution is 0.174. The van der Waals surface area contributed by atoms with Crippen LogP contribution in [0.2, 0.25) is 0 Å². The Labute approximate surface area is 197 Å². The van der Waals surface area contributed by atoms with Crippen molar-refractivity contribution in [2.24, 2.45) is 5.92 Å². The highest BCUT2D eigenvalue weighted by Crippen LogP contribution is 2.30. The summed E-state index contributed by atoms with van der Waals surface area (Å²) in [4.78, 5) is 19.0. The Morgan fingerprint density at radius 1 is 1.24 bits per heavy atom. The molecule has 0 saturated heterocycles. The molecule has 1 heterocycles. The lowest BCUT2D eigenvalue weighted by atomic mass is 10.1. The summed E-state index contributed by atoms with van der Waals surface area (Å²) in [5.74, 6) is 0.364. The molecule has 0 radical (unpaired) electrons. The SMILES string of the molecule is COCCn1c(CN(CC2CC2)C(=O)NC(C)(C)C)cnc1S(=O)(=O)Cc1ccc(C)cc1. The zero-order valence-corrected chi connectivity index (χ0v) is 21.1. The van der Waals surface area contributed by atoms with Crippen molar-refractivity contribution < 1.29 is 17.9 Å². The largest absolute Gasteiger partial charge is 0.383 e. The summed E-state index contributed by atoms with van der Waals surface area (Å²) in [5, 5.41) is 3.04. The zero-order valence-electron chi connectivity index (χ0n) is 20.3. The standard InChI is InChI=1S/C24H36N4O4S/c1-18-6-8-20(9-7-18)17-33(30,31)23-25-14-21(28(23)12-13-32-5)16-27(15-19-10-11-19)22(29)26-24(2,3)4/h6-9,14,19H,10-13,15-17H2,1-5H3,(H,26,29). The van der Waals surface area contributed by atoms with Gasteiger partial charge in [-0.15, -0.1) is 0 Å². The van der Waals surface area contributed by atoms with E-state index in [1.807, 2.05) is 52.0 Å². The van der Waals surface area contributed by atoms with E-state index in [-0.39, 0.29) is 29.0 Å². The number of carbonyl (C=O) groups is 1. The summed E-state index contributed by atoms with van der Waals surface area (Å²) in [6, 6.07) is 7.29. The van der Waals surface area contributed by atoms with Crippen LogP contribution in [0.3, 0.4) is 0 Å². The molecule has 33 heavy (non-hydrogen) atoms. The smallest absolute Gasteiger partial charge is 0.318 e. The fourth-order valence-corrected chi connectivity index (χ4v) is 5.10. The van der Waals surface area contributed by atoms with E-state index in [1.165, 1.54) is 0 Å². The number of ether oxygens (including phenoxy) is 1. The first-order valence-electron chi connectivity index (χ1n) is 11.4. The van der Waals surface area contributed by atoms with Crippen molar-refractivity contribution in [3.05, 3.63) is 47.3 Å². The van der Waals surface area contributed by atoms with E-state index >= 15 is 0 Å². The molecule has 0 aliphatic heterocycles. The van der Waals surface area contributed by atoms with E-state index in [9.17, 15) is 13.2 Å². The molecule has 2 aromatic rings. The fourth-order valence-electron chi connectivity index (χ4n) is 3.58. The minimum absolute atomic E-state index is 0.0118. The minimum Gasteiger partial charge on any atom is -0.383 e. The number of nitrogens with zero attached hydrogens (tertiary/aromatic N) is 3. The maximum Gasteiger partial charge on any atom is 0.318 e. The molecule has 1 aliphatic rings. The van der Waals surface area contributed by atoms with E-state index in [0.29, 0.717) is 36.9 Å². The number of nitrogens with one attached hydrogen (secondary N) is 1. The molecule has 1 fully saturated rings. The van der Waals surface area contributed by atoms with Gasteiger partial charge in [0.25, 0.3) is 0 Å². The Hall–Kier alpha value is -2.39. The number of hydrogen-bond acceptors (Lipinski definition) is 5. The van der Waals surface area contributed by atoms with Crippen molar-refractivity contribution in [3.8, 4) is 0 Å². The normalized spacial score (nSPS) is 14.3. The lowest BCUT2D eigenvalue weighted by Crippen LogP contribution is -2.49. The van der Waals surface area contributed by atoms with E-state index in [1.54, 1.807) is 22.8 Å². The van der Waals surface area contributed by atoms with E-state index in [2.05, 4.69) is 10.3 Å². The first kappa shape index (κ1) is 25.2. The first-order valence-corrected chi connectivity index (χ1v) is 13.0. The molecule has 0 bridgehead atoms. The molecule has 2 amide bonds. The average molecular weight is 477 g/mol. The predicted molar refractivity (Wildman–Crippen MR) is 128 cm³/mol. The fraction of sp³-hybridized carbons (Fsp3) is 0.583. The highest BCUT2D eigenvalue weighted by Gasteiger charge is 2.30. The minimum atomic E-state index is -3.68. The van der Waals surface area contributed by atoms with Crippen LogP contribution in [-0.2, 0) is 33.4 Å². The van der Waals surface area contributed by atoms with Crippen LogP contribution < -0.4 is 5.32 Å². The first-order chi connectivity index (χ1) is 15.5. The lowest BCUT2D eigenvalue weighted by Gasteiger charge is -2.29. The van der Waals surface area contributed by atoms with E-state index < -0.39 is 9.84 Å². The summed E-state index contributed by atoms with van der Waals surface area (Å²) in [7, 11) is -2.11. The predicted octanol–water partition coefficient (Wildman–Crippen LogP) is 3.53. The van der Waals surface area contributed by atoms with Gasteiger partial charge in [-0.1, -0.05) is 29.8 Å². The van der Waals surface area contributed by atoms with Gasteiger partial charge in [0.15, 0.2) is 0 Å². The number of rotatable bonds is 10. The summed E-state index contributed by atoms with van der Waals surface area (Å²) < 4.78 is 33.4. The van der Waals surface area contributed by atoms with Gasteiger partial charge >= 0.3 is 6.03 Å². The van der Waals surface area contributed by atoms with Crippen LogP contribution in [-0.4, -0.2) is 54.7 Å². The third-order valence-corrected chi connectivity index (χ3v) is 7.07. The Bertz CT molecular complexity index is 1050. The van der Waals surface area contributed by atoms with Crippen LogP contribution in [0, 0.1) is 12.8 Å². The zero-order chi connectivity index (χ0) is 24.2. The number of urea groups is 1. The molecular weight excluding hydrogens is 440 g/mol. The van der Waals surface area contributed by atoms with Crippen molar-refractivity contribution in [1.29, 1.82) is 0 Å². The number of benzene rings is 1. The molecule has 9 heteroatoms. The summed E-state index contributed by atoms with van der Waals surface area (Å²) >= 11 is 0. The number of imidazole rings is 1. The maximum absolute atomic E-state index is 13.3. The summed E-state index contributed by atoms with van der Waals surface area (Å²) in [6.45, 7) is 9.40. The molecule has 1 saturated carbocycles. The summed E-state index contributed by atoms with van der Waals surface area (Å²) in [6.07, 6.45) is 3.79. The molecule has 1 aromatic carbocycles. The molecular formula is C24H36N4O4S. The molecule has 0 spiro atoms. The molecule has 0 atom stereocenters. The Balaban J connectivity index is 1.88. The number of sulfone groups is 1. The van der Waals surface area contributed by atoms with Gasteiger partial charge < -0.3 is 19.5 Å². The molecule has 1 aliphatic carbocycles. The third kappa shape index (κ3) is 7.30. The third-order valence-electron chi connectivity index (χ3n) is 5.47. The number of hydrogen-bond donors (Lipinski definition) is 1. The van der Waals surface area contributed by atoms with Crippen LogP contribution in [0.4, 0.5) is 4.79 Å². The second-order valence-corrected chi connectivity index (χ2v) is 11.8. The monoisotopic (exact) mass is 476 g/mol. The molecule has 0 unspecified atom stereocenters. The van der Waals surface area contributed by atoms with Crippen molar-refractivity contribution in [1.82, 2.24) is 19.8 Å². The van der Waals surface area contributed by atoms with Crippen LogP contribution in [0.15, 0.2) is 35.6 Å². The van der Waals surface area contributed by atoms with E-state index in [4.69, 9.17) is 4.74 Å². The van der Waals surface area contributed by atoms with Gasteiger partial charge in [-0.25, -0.2) is 18.2 Å². The molecule has 3 rings (SSSR count). The number of aryl methyl sites for hydroxylation is 1. The number of carbonyl (C=O) groups excluding carboxylic acids is 1. The van der Waals surface area contributed by atoms with E-state index in [0.717, 1.165) is 18.4 Å². The highest BCUT2D eigenvalue weighted by molar-refractivity contribution is 7.90. The molecule has 8 nitrogen and oxygen atoms in total. The molecule has 182 valence electrons. The number of aromatic nitrogens is 2. The quantitative estimate of drug-likeness (QED) is 0.566. The maximum atomic E-state index is 13.3. The van der Waals surface area contributed by atoms with Gasteiger partial charge in [-0.05, 0) is 52.0 Å². The van der Waals surface area contributed by atoms with Gasteiger partial charge in [0, 0.05) is 25.7 Å². The average Bonchev–Trinajstić information content (AvgIpc) is 3.44. The van der Waals surface area contributed by atoms with Crippen molar-refractivity contribution in [3.63, 3.8) is 0 Å². The molecule has 1 aromatic heterocycles. The van der Waals surface area contributed by atoms with Gasteiger partial charge in [0.2, 0.25) is 15.0 Å². The van der Waals surface area contributed by atoms with Gasteiger partial charge in [-0.2, -0.15) is 0 Å². The Morgan fingerprint density at radius 2 is 1.91 bits per heavy atom. The van der Waals surface area contributed by atoms with Gasteiger partial charge in [0.1, 0.15) is 0 Å². The van der Waals surface area contributed by atoms with Crippen LogP contribution in [0.1, 0.15) is 50.4 Å². The Morgan fingerprint density at radius 3 is 2.48 bits per heavy atom. The highest BCUT2D eigenvalue weighted by atomic mass is 32.2. The molecule has 1 N–H and O–H groups in total. The van der Waals surface area contributed by atoms with Gasteiger partial charge in [-0.3, -0.25) is 0 Å². The topological polar surface area (TPSA) is 93.5 Å². The number of methoxy groups -OCH3 is 1. The Kier molecular flexibility index (Phi) is 7.84. The van der Waals surface area contributed by atoms with Crippen LogP contribution >= 0.6 is 0 Å².